The molecule has 2 aromatic carbocycles. The summed E-state index contributed by atoms with van der Waals surface area (Å²) < 4.78 is 11.5. The van der Waals surface area contributed by atoms with E-state index in [1.165, 1.54) is 18.2 Å². The SMILES string of the molecule is O=C(Cn1c(=O)oc2ccc([N+](=O)[O-])cc21)Nc1ccc(N2CCOCC2)cc1. The quantitative estimate of drug-likeness (QED) is 0.515. The summed E-state index contributed by atoms with van der Waals surface area (Å²) in [6.45, 7) is 2.68. The monoisotopic (exact) mass is 398 g/mol. The molecule has 0 atom stereocenters. The number of nitro benzene ring substituents is 1. The van der Waals surface area contributed by atoms with E-state index in [9.17, 15) is 19.7 Å². The molecule has 0 radical (unpaired) electrons. The van der Waals surface area contributed by atoms with E-state index in [0.717, 1.165) is 23.3 Å². The van der Waals surface area contributed by atoms with Gasteiger partial charge in [0, 0.05) is 36.6 Å². The summed E-state index contributed by atoms with van der Waals surface area (Å²) in [4.78, 5) is 37.1. The molecule has 29 heavy (non-hydrogen) atoms. The van der Waals surface area contributed by atoms with Crippen LogP contribution in [0.4, 0.5) is 17.1 Å². The maximum absolute atomic E-state index is 12.4. The molecule has 1 aliphatic rings. The van der Waals surface area contributed by atoms with E-state index in [0.29, 0.717) is 18.9 Å². The van der Waals surface area contributed by atoms with E-state index >= 15 is 0 Å². The van der Waals surface area contributed by atoms with Crippen molar-refractivity contribution >= 4 is 34.1 Å². The average molecular weight is 398 g/mol. The number of morpholine rings is 1. The summed E-state index contributed by atoms with van der Waals surface area (Å²) in [7, 11) is 0. The van der Waals surface area contributed by atoms with Gasteiger partial charge in [0.25, 0.3) is 5.69 Å². The van der Waals surface area contributed by atoms with Gasteiger partial charge in [0.05, 0.1) is 23.7 Å². The number of rotatable bonds is 5. The molecule has 0 aliphatic carbocycles. The Labute approximate surface area is 164 Å². The standard InChI is InChI=1S/C19H18N4O6/c24-18(20-13-1-3-14(4-2-13)21-7-9-28-10-8-21)12-22-16-11-15(23(26)27)5-6-17(16)29-19(22)25/h1-6,11H,7-10,12H2,(H,20,24). The van der Waals surface area contributed by atoms with Crippen LogP contribution in [0.5, 0.6) is 0 Å². The van der Waals surface area contributed by atoms with Gasteiger partial charge in [-0.25, -0.2) is 4.79 Å². The molecule has 1 saturated heterocycles. The Balaban J connectivity index is 1.48. The summed E-state index contributed by atoms with van der Waals surface area (Å²) in [5, 5.41) is 13.7. The van der Waals surface area contributed by atoms with Crippen molar-refractivity contribution in [2.45, 2.75) is 6.54 Å². The van der Waals surface area contributed by atoms with E-state index < -0.39 is 16.6 Å². The normalized spacial score (nSPS) is 14.1. The highest BCUT2D eigenvalue weighted by Gasteiger charge is 2.17. The predicted octanol–water partition coefficient (Wildman–Crippen LogP) is 1.98. The molecule has 150 valence electrons. The summed E-state index contributed by atoms with van der Waals surface area (Å²) in [6, 6.07) is 11.2. The lowest BCUT2D eigenvalue weighted by molar-refractivity contribution is -0.384. The van der Waals surface area contributed by atoms with Crippen LogP contribution in [0.1, 0.15) is 0 Å². The second-order valence-electron chi connectivity index (χ2n) is 6.56. The van der Waals surface area contributed by atoms with Crippen LogP contribution in [-0.2, 0) is 16.1 Å². The number of oxazole rings is 1. The zero-order valence-corrected chi connectivity index (χ0v) is 15.4. The molecule has 0 unspecified atom stereocenters. The molecule has 0 saturated carbocycles. The number of fused-ring (bicyclic) bond motifs is 1. The number of ether oxygens (including phenoxy) is 1. The van der Waals surface area contributed by atoms with Crippen LogP contribution in [0, 0.1) is 10.1 Å². The van der Waals surface area contributed by atoms with E-state index in [1.54, 1.807) is 12.1 Å². The van der Waals surface area contributed by atoms with Gasteiger partial charge >= 0.3 is 5.76 Å². The number of anilines is 2. The van der Waals surface area contributed by atoms with Crippen molar-refractivity contribution in [3.63, 3.8) is 0 Å². The third-order valence-electron chi connectivity index (χ3n) is 4.69. The lowest BCUT2D eigenvalue weighted by atomic mass is 10.2. The Kier molecular flexibility index (Phi) is 5.00. The number of carbonyl (C=O) groups is 1. The lowest BCUT2D eigenvalue weighted by Crippen LogP contribution is -2.36. The van der Waals surface area contributed by atoms with Gasteiger partial charge in [-0.2, -0.15) is 0 Å². The van der Waals surface area contributed by atoms with Crippen molar-refractivity contribution in [3.05, 3.63) is 63.1 Å². The van der Waals surface area contributed by atoms with Crippen molar-refractivity contribution in [3.8, 4) is 0 Å². The smallest absolute Gasteiger partial charge is 0.408 e. The number of amides is 1. The van der Waals surface area contributed by atoms with Crippen molar-refractivity contribution < 1.29 is 18.9 Å². The molecular formula is C19H18N4O6. The third-order valence-corrected chi connectivity index (χ3v) is 4.69. The summed E-state index contributed by atoms with van der Waals surface area (Å²) in [5.74, 6) is -1.20. The summed E-state index contributed by atoms with van der Waals surface area (Å²) in [6.07, 6.45) is 0. The van der Waals surface area contributed by atoms with Gasteiger partial charge in [0.1, 0.15) is 6.54 Å². The number of nitrogens with one attached hydrogen (secondary N) is 1. The second kappa shape index (κ2) is 7.76. The first-order valence-electron chi connectivity index (χ1n) is 9.02. The highest BCUT2D eigenvalue weighted by atomic mass is 16.6. The number of hydrogen-bond acceptors (Lipinski definition) is 7. The fraction of sp³-hybridized carbons (Fsp3) is 0.263. The van der Waals surface area contributed by atoms with Gasteiger partial charge in [0.15, 0.2) is 5.58 Å². The van der Waals surface area contributed by atoms with Gasteiger partial charge in [0.2, 0.25) is 5.91 Å². The van der Waals surface area contributed by atoms with Crippen molar-refractivity contribution in [1.82, 2.24) is 4.57 Å². The summed E-state index contributed by atoms with van der Waals surface area (Å²) in [5.41, 5.74) is 1.81. The lowest BCUT2D eigenvalue weighted by Gasteiger charge is -2.28. The minimum absolute atomic E-state index is 0.184. The van der Waals surface area contributed by atoms with Gasteiger partial charge in [-0.15, -0.1) is 0 Å². The average Bonchev–Trinajstić information content (AvgIpc) is 3.03. The van der Waals surface area contributed by atoms with Gasteiger partial charge < -0.3 is 19.4 Å². The molecule has 4 rings (SSSR count). The van der Waals surface area contributed by atoms with Crippen LogP contribution < -0.4 is 16.0 Å². The van der Waals surface area contributed by atoms with Gasteiger partial charge in [-0.1, -0.05) is 0 Å². The van der Waals surface area contributed by atoms with Crippen LogP contribution >= 0.6 is 0 Å². The first kappa shape index (κ1) is 18.7. The summed E-state index contributed by atoms with van der Waals surface area (Å²) >= 11 is 0. The molecule has 0 bridgehead atoms. The third kappa shape index (κ3) is 3.97. The molecule has 1 aliphatic heterocycles. The Morgan fingerprint density at radius 3 is 2.55 bits per heavy atom. The fourth-order valence-corrected chi connectivity index (χ4v) is 3.24. The fourth-order valence-electron chi connectivity index (χ4n) is 3.24. The number of benzene rings is 2. The van der Waals surface area contributed by atoms with Crippen molar-refractivity contribution in [2.75, 3.05) is 36.5 Å². The van der Waals surface area contributed by atoms with E-state index in [4.69, 9.17) is 9.15 Å². The highest BCUT2D eigenvalue weighted by Crippen LogP contribution is 2.21. The number of carbonyl (C=O) groups excluding carboxylic acids is 1. The van der Waals surface area contributed by atoms with Crippen LogP contribution in [0.3, 0.4) is 0 Å². The molecule has 1 amide bonds. The minimum Gasteiger partial charge on any atom is -0.408 e. The zero-order chi connectivity index (χ0) is 20.4. The largest absolute Gasteiger partial charge is 0.420 e. The molecule has 10 heteroatoms. The second-order valence-corrected chi connectivity index (χ2v) is 6.56. The highest BCUT2D eigenvalue weighted by molar-refractivity contribution is 5.91. The molecule has 0 spiro atoms. The predicted molar refractivity (Wildman–Crippen MR) is 105 cm³/mol. The maximum atomic E-state index is 12.4. The van der Waals surface area contributed by atoms with Crippen LogP contribution in [-0.4, -0.2) is 41.7 Å². The van der Waals surface area contributed by atoms with Crippen LogP contribution in [0.2, 0.25) is 0 Å². The Bertz CT molecular complexity index is 1110. The zero-order valence-electron chi connectivity index (χ0n) is 15.4. The van der Waals surface area contributed by atoms with Crippen LogP contribution in [0.25, 0.3) is 11.1 Å². The molecule has 1 N–H and O–H groups in total. The topological polar surface area (TPSA) is 120 Å². The molecule has 1 fully saturated rings. The molecule has 3 aromatic rings. The molecule has 10 nitrogen and oxygen atoms in total. The van der Waals surface area contributed by atoms with Crippen molar-refractivity contribution in [2.24, 2.45) is 0 Å². The number of hydrogen-bond donors (Lipinski definition) is 1. The first-order valence-corrected chi connectivity index (χ1v) is 9.02. The number of non-ortho nitro benzene ring substituents is 1. The molecule has 1 aromatic heterocycles. The first-order chi connectivity index (χ1) is 14.0. The minimum atomic E-state index is -0.752. The van der Waals surface area contributed by atoms with Crippen LogP contribution in [0.15, 0.2) is 51.7 Å². The molecule has 2 heterocycles. The van der Waals surface area contributed by atoms with Crippen molar-refractivity contribution in [1.29, 1.82) is 0 Å². The number of nitro groups is 1. The number of aromatic nitrogens is 1. The van der Waals surface area contributed by atoms with E-state index in [1.807, 2.05) is 12.1 Å². The Morgan fingerprint density at radius 1 is 1.14 bits per heavy atom. The molecular weight excluding hydrogens is 380 g/mol. The number of nitrogens with zero attached hydrogens (tertiary/aromatic N) is 3. The Morgan fingerprint density at radius 2 is 1.86 bits per heavy atom. The maximum Gasteiger partial charge on any atom is 0.420 e. The van der Waals surface area contributed by atoms with Gasteiger partial charge in [-0.05, 0) is 30.3 Å². The van der Waals surface area contributed by atoms with E-state index in [-0.39, 0.29) is 23.3 Å². The van der Waals surface area contributed by atoms with Gasteiger partial charge in [-0.3, -0.25) is 19.5 Å². The van der Waals surface area contributed by atoms with E-state index in [2.05, 4.69) is 10.2 Å². The Hall–Kier alpha value is -3.66.